The van der Waals surface area contributed by atoms with Crippen molar-refractivity contribution >= 4 is 11.8 Å². The average Bonchev–Trinajstić information content (AvgIpc) is 3.11. The summed E-state index contributed by atoms with van der Waals surface area (Å²) in [7, 11) is 1.79. The van der Waals surface area contributed by atoms with Gasteiger partial charge in [-0.25, -0.2) is 4.39 Å². The van der Waals surface area contributed by atoms with Gasteiger partial charge in [0.15, 0.2) is 0 Å². The zero-order valence-corrected chi connectivity index (χ0v) is 16.6. The van der Waals surface area contributed by atoms with Crippen LogP contribution >= 0.6 is 0 Å². The van der Waals surface area contributed by atoms with Gasteiger partial charge < -0.3 is 9.80 Å². The van der Waals surface area contributed by atoms with E-state index >= 15 is 0 Å². The molecule has 1 aromatic carbocycles. The highest BCUT2D eigenvalue weighted by molar-refractivity contribution is 5.94. The number of benzene rings is 1. The second-order valence-corrected chi connectivity index (χ2v) is 7.96. The van der Waals surface area contributed by atoms with Gasteiger partial charge in [0.2, 0.25) is 5.91 Å². The summed E-state index contributed by atoms with van der Waals surface area (Å²) >= 11 is 0. The topological polar surface area (TPSA) is 58.4 Å². The first kappa shape index (κ1) is 19.4. The standard InChI is InChI=1S/C22H25FN4O2/c1-25-16-18(14-24-25)20(28)26-12-9-22(10-13-26)8-2-3-11-27(21(22)29)15-17-4-6-19(23)7-5-17/h2-7,14,16H,8-13,15H2,1H3. The Labute approximate surface area is 169 Å². The number of halogens is 1. The monoisotopic (exact) mass is 396 g/mol. The first-order valence-electron chi connectivity index (χ1n) is 9.94. The lowest BCUT2D eigenvalue weighted by Crippen LogP contribution is -2.50. The SMILES string of the molecule is Cn1cc(C(=O)N2CCC3(CC=CCN(Cc4ccc(F)cc4)C3=O)CC2)cn1. The fourth-order valence-corrected chi connectivity index (χ4v) is 4.23. The summed E-state index contributed by atoms with van der Waals surface area (Å²) in [5.41, 5.74) is 1.02. The molecule has 1 saturated heterocycles. The number of rotatable bonds is 3. The molecule has 29 heavy (non-hydrogen) atoms. The number of piperidine rings is 1. The van der Waals surface area contributed by atoms with Crippen molar-refractivity contribution in [3.63, 3.8) is 0 Å². The first-order valence-corrected chi connectivity index (χ1v) is 9.94. The molecule has 2 aliphatic heterocycles. The van der Waals surface area contributed by atoms with E-state index in [0.717, 1.165) is 5.56 Å². The minimum Gasteiger partial charge on any atom is -0.338 e. The predicted octanol–water partition coefficient (Wildman–Crippen LogP) is 2.77. The van der Waals surface area contributed by atoms with Gasteiger partial charge in [-0.2, -0.15) is 5.10 Å². The molecule has 0 saturated carbocycles. The summed E-state index contributed by atoms with van der Waals surface area (Å²) in [5.74, 6) is -0.189. The van der Waals surface area contributed by atoms with Gasteiger partial charge in [-0.1, -0.05) is 24.3 Å². The molecule has 0 N–H and O–H groups in total. The third-order valence-corrected chi connectivity index (χ3v) is 5.99. The van der Waals surface area contributed by atoms with E-state index in [0.29, 0.717) is 51.0 Å². The molecule has 1 aromatic heterocycles. The van der Waals surface area contributed by atoms with Crippen LogP contribution in [0.1, 0.15) is 35.2 Å². The van der Waals surface area contributed by atoms with Gasteiger partial charge in [0.1, 0.15) is 5.82 Å². The Morgan fingerprint density at radius 3 is 2.55 bits per heavy atom. The van der Waals surface area contributed by atoms with Crippen molar-refractivity contribution in [1.29, 1.82) is 0 Å². The van der Waals surface area contributed by atoms with Crippen LogP contribution < -0.4 is 0 Å². The molecule has 6 nitrogen and oxygen atoms in total. The van der Waals surface area contributed by atoms with Crippen LogP contribution in [0.2, 0.25) is 0 Å². The lowest BCUT2D eigenvalue weighted by molar-refractivity contribution is -0.144. The highest BCUT2D eigenvalue weighted by atomic mass is 19.1. The molecule has 1 spiro atoms. The lowest BCUT2D eigenvalue weighted by Gasteiger charge is -2.41. The average molecular weight is 396 g/mol. The van der Waals surface area contributed by atoms with Gasteiger partial charge in [0.05, 0.1) is 17.2 Å². The van der Waals surface area contributed by atoms with E-state index in [1.165, 1.54) is 12.1 Å². The number of nitrogens with zero attached hydrogens (tertiary/aromatic N) is 4. The molecule has 1 fully saturated rings. The lowest BCUT2D eigenvalue weighted by atomic mass is 9.74. The van der Waals surface area contributed by atoms with Gasteiger partial charge in [-0.3, -0.25) is 14.3 Å². The van der Waals surface area contributed by atoms with Gasteiger partial charge in [0.25, 0.3) is 5.91 Å². The van der Waals surface area contributed by atoms with Crippen molar-refractivity contribution in [3.8, 4) is 0 Å². The molecule has 0 aliphatic carbocycles. The summed E-state index contributed by atoms with van der Waals surface area (Å²) < 4.78 is 14.8. The van der Waals surface area contributed by atoms with Crippen LogP contribution in [0.15, 0.2) is 48.8 Å². The van der Waals surface area contributed by atoms with Crippen LogP contribution in [0.5, 0.6) is 0 Å². The van der Waals surface area contributed by atoms with Crippen LogP contribution in [-0.2, 0) is 18.4 Å². The maximum Gasteiger partial charge on any atom is 0.257 e. The summed E-state index contributed by atoms with van der Waals surface area (Å²) in [6.45, 7) is 2.12. The number of amides is 2. The predicted molar refractivity (Wildman–Crippen MR) is 106 cm³/mol. The van der Waals surface area contributed by atoms with Crippen molar-refractivity contribution in [2.45, 2.75) is 25.8 Å². The molecule has 0 radical (unpaired) electrons. The van der Waals surface area contributed by atoms with Crippen LogP contribution in [0.4, 0.5) is 4.39 Å². The summed E-state index contributed by atoms with van der Waals surface area (Å²) in [6, 6.07) is 6.29. The molecule has 4 rings (SSSR count). The Hall–Kier alpha value is -2.96. The third kappa shape index (κ3) is 3.95. The quantitative estimate of drug-likeness (QED) is 0.750. The van der Waals surface area contributed by atoms with Crippen LogP contribution in [0.25, 0.3) is 0 Å². The maximum atomic E-state index is 13.4. The van der Waals surface area contributed by atoms with Gasteiger partial charge in [0, 0.05) is 39.4 Å². The summed E-state index contributed by atoms with van der Waals surface area (Å²) in [5, 5.41) is 4.07. The van der Waals surface area contributed by atoms with Gasteiger partial charge in [-0.15, -0.1) is 0 Å². The van der Waals surface area contributed by atoms with Crippen molar-refractivity contribution in [2.75, 3.05) is 19.6 Å². The molecular formula is C22H25FN4O2. The Morgan fingerprint density at radius 1 is 1.17 bits per heavy atom. The Bertz CT molecular complexity index is 927. The number of carbonyl (C=O) groups is 2. The highest BCUT2D eigenvalue weighted by Gasteiger charge is 2.44. The molecular weight excluding hydrogens is 371 g/mol. The van der Waals surface area contributed by atoms with E-state index in [4.69, 9.17) is 0 Å². The molecule has 0 atom stereocenters. The number of aryl methyl sites for hydroxylation is 1. The van der Waals surface area contributed by atoms with E-state index in [2.05, 4.69) is 11.2 Å². The Kier molecular flexibility index (Phi) is 5.22. The maximum absolute atomic E-state index is 13.4. The number of allylic oxidation sites excluding steroid dienone is 1. The molecule has 0 unspecified atom stereocenters. The fourth-order valence-electron chi connectivity index (χ4n) is 4.23. The molecule has 0 bridgehead atoms. The number of hydrogen-bond donors (Lipinski definition) is 0. The number of carbonyl (C=O) groups excluding carboxylic acids is 2. The first-order chi connectivity index (χ1) is 14.0. The summed E-state index contributed by atoms with van der Waals surface area (Å²) in [6.07, 6.45) is 9.39. The zero-order chi connectivity index (χ0) is 20.4. The smallest absolute Gasteiger partial charge is 0.257 e. The van der Waals surface area contributed by atoms with E-state index in [-0.39, 0.29) is 17.6 Å². The van der Waals surface area contributed by atoms with Crippen molar-refractivity contribution in [1.82, 2.24) is 19.6 Å². The number of likely N-dealkylation sites (tertiary alicyclic amines) is 1. The van der Waals surface area contributed by atoms with Crippen LogP contribution in [0, 0.1) is 11.2 Å². The van der Waals surface area contributed by atoms with E-state index < -0.39 is 5.41 Å². The number of hydrogen-bond acceptors (Lipinski definition) is 3. The fraction of sp³-hybridized carbons (Fsp3) is 0.409. The van der Waals surface area contributed by atoms with E-state index in [1.807, 2.05) is 15.9 Å². The molecule has 2 aromatic rings. The van der Waals surface area contributed by atoms with Crippen LogP contribution in [0.3, 0.4) is 0 Å². The molecule has 152 valence electrons. The Balaban J connectivity index is 1.45. The van der Waals surface area contributed by atoms with Crippen molar-refractivity contribution < 1.29 is 14.0 Å². The highest BCUT2D eigenvalue weighted by Crippen LogP contribution is 2.39. The zero-order valence-electron chi connectivity index (χ0n) is 16.6. The second kappa shape index (κ2) is 7.81. The van der Waals surface area contributed by atoms with Crippen molar-refractivity contribution in [3.05, 3.63) is 65.8 Å². The largest absolute Gasteiger partial charge is 0.338 e. The van der Waals surface area contributed by atoms with Gasteiger partial charge >= 0.3 is 0 Å². The normalized spacial score (nSPS) is 18.9. The van der Waals surface area contributed by atoms with E-state index in [1.54, 1.807) is 36.3 Å². The third-order valence-electron chi connectivity index (χ3n) is 5.99. The van der Waals surface area contributed by atoms with Crippen LogP contribution in [-0.4, -0.2) is 51.0 Å². The molecule has 7 heteroatoms. The molecule has 3 heterocycles. The van der Waals surface area contributed by atoms with Crippen molar-refractivity contribution in [2.24, 2.45) is 12.5 Å². The minimum absolute atomic E-state index is 0.0345. The number of aromatic nitrogens is 2. The second-order valence-electron chi connectivity index (χ2n) is 7.96. The molecule has 2 amide bonds. The molecule has 2 aliphatic rings. The van der Waals surface area contributed by atoms with Gasteiger partial charge in [-0.05, 0) is 37.0 Å². The van der Waals surface area contributed by atoms with E-state index in [9.17, 15) is 14.0 Å². The summed E-state index contributed by atoms with van der Waals surface area (Å²) in [4.78, 5) is 29.8. The minimum atomic E-state index is -0.473. The Morgan fingerprint density at radius 2 is 1.90 bits per heavy atom.